The van der Waals surface area contributed by atoms with Crippen molar-refractivity contribution < 1.29 is 18.9 Å². The molecule has 0 spiro atoms. The molecule has 0 heterocycles. The van der Waals surface area contributed by atoms with Crippen molar-refractivity contribution in [2.75, 3.05) is 34.2 Å². The van der Waals surface area contributed by atoms with Crippen LogP contribution < -0.4 is 24.7 Å². The van der Waals surface area contributed by atoms with Crippen molar-refractivity contribution >= 4 is 17.6 Å². The largest absolute Gasteiger partial charge is 0.497 e. The van der Waals surface area contributed by atoms with E-state index in [4.69, 9.17) is 24.7 Å². The molecule has 3 aromatic rings. The van der Waals surface area contributed by atoms with Crippen molar-refractivity contribution in [1.82, 2.24) is 4.31 Å². The van der Waals surface area contributed by atoms with Gasteiger partial charge in [0.1, 0.15) is 23.0 Å². The Morgan fingerprint density at radius 2 is 1.12 bits per heavy atom. The van der Waals surface area contributed by atoms with Crippen molar-refractivity contribution in [2.24, 2.45) is 0 Å². The molecule has 0 aliphatic rings. The minimum atomic E-state index is 0.650. The van der Waals surface area contributed by atoms with Gasteiger partial charge in [-0.05, 0) is 48.3 Å². The standard InChI is InChI=1S/C24H28N2O4S.C2H6/c1-27-20-9-5-17(23(13-20)29-3)15-26(31-22-11-7-19(25)8-12-22)16-18-6-10-21(28-2)14-24(18)30-4;1-2/h5-14H,15-16,25H2,1-4H3;1-2H3. The lowest BCUT2D eigenvalue weighted by Crippen LogP contribution is -2.16. The molecule has 0 aromatic heterocycles. The second kappa shape index (κ2) is 13.5. The van der Waals surface area contributed by atoms with Gasteiger partial charge in [-0.25, -0.2) is 4.31 Å². The molecule has 3 rings (SSSR count). The fourth-order valence-electron chi connectivity index (χ4n) is 3.14. The molecule has 0 amide bonds. The monoisotopic (exact) mass is 470 g/mol. The Balaban J connectivity index is 0.00000187. The third-order valence-electron chi connectivity index (χ3n) is 4.80. The number of hydrogen-bond acceptors (Lipinski definition) is 7. The molecule has 0 atom stereocenters. The van der Waals surface area contributed by atoms with Crippen LogP contribution in [0.2, 0.25) is 0 Å². The number of nitrogens with zero attached hydrogens (tertiary/aromatic N) is 1. The van der Waals surface area contributed by atoms with Crippen molar-refractivity contribution in [2.45, 2.75) is 31.8 Å². The summed E-state index contributed by atoms with van der Waals surface area (Å²) in [4.78, 5) is 1.09. The van der Waals surface area contributed by atoms with Gasteiger partial charge in [0, 0.05) is 46.9 Å². The van der Waals surface area contributed by atoms with Crippen LogP contribution in [0.4, 0.5) is 5.69 Å². The Kier molecular flexibility index (Phi) is 10.7. The normalized spacial score (nSPS) is 10.3. The van der Waals surface area contributed by atoms with E-state index in [0.717, 1.165) is 44.7 Å². The highest BCUT2D eigenvalue weighted by molar-refractivity contribution is 7.97. The van der Waals surface area contributed by atoms with Crippen molar-refractivity contribution in [1.29, 1.82) is 0 Å². The summed E-state index contributed by atoms with van der Waals surface area (Å²) in [5, 5.41) is 0. The van der Waals surface area contributed by atoms with Gasteiger partial charge in [-0.2, -0.15) is 0 Å². The summed E-state index contributed by atoms with van der Waals surface area (Å²) in [5.41, 5.74) is 8.70. The Labute approximate surface area is 201 Å². The lowest BCUT2D eigenvalue weighted by Gasteiger charge is -2.24. The molecular formula is C26H34N2O4S. The van der Waals surface area contributed by atoms with E-state index in [0.29, 0.717) is 13.1 Å². The van der Waals surface area contributed by atoms with Gasteiger partial charge in [0.25, 0.3) is 0 Å². The number of methoxy groups -OCH3 is 4. The van der Waals surface area contributed by atoms with E-state index < -0.39 is 0 Å². The van der Waals surface area contributed by atoms with Gasteiger partial charge in [0.05, 0.1) is 28.4 Å². The lowest BCUT2D eigenvalue weighted by atomic mass is 10.1. The van der Waals surface area contributed by atoms with Crippen LogP contribution in [0.15, 0.2) is 65.6 Å². The van der Waals surface area contributed by atoms with Gasteiger partial charge in [0.2, 0.25) is 0 Å². The quantitative estimate of drug-likeness (QED) is 0.286. The maximum Gasteiger partial charge on any atom is 0.127 e. The SMILES string of the molecule is CC.COc1ccc(CN(Cc2ccc(OC)cc2OC)Sc2ccc(N)cc2)c(OC)c1. The molecule has 0 bridgehead atoms. The van der Waals surface area contributed by atoms with Crippen LogP contribution in [-0.2, 0) is 13.1 Å². The van der Waals surface area contributed by atoms with Gasteiger partial charge in [0.15, 0.2) is 0 Å². The first-order valence-electron chi connectivity index (χ1n) is 10.8. The van der Waals surface area contributed by atoms with Gasteiger partial charge in [-0.3, -0.25) is 0 Å². The minimum absolute atomic E-state index is 0.650. The molecule has 7 heteroatoms. The summed E-state index contributed by atoms with van der Waals surface area (Å²) in [7, 11) is 6.63. The molecule has 3 aromatic carbocycles. The van der Waals surface area contributed by atoms with Gasteiger partial charge in [-0.15, -0.1) is 0 Å². The molecule has 33 heavy (non-hydrogen) atoms. The lowest BCUT2D eigenvalue weighted by molar-refractivity contribution is 0.372. The summed E-state index contributed by atoms with van der Waals surface area (Å²) in [6.45, 7) is 5.30. The minimum Gasteiger partial charge on any atom is -0.497 e. The Morgan fingerprint density at radius 3 is 1.52 bits per heavy atom. The van der Waals surface area contributed by atoms with E-state index in [1.807, 2.05) is 74.5 Å². The van der Waals surface area contributed by atoms with Crippen molar-refractivity contribution in [3.63, 3.8) is 0 Å². The van der Waals surface area contributed by atoms with Crippen LogP contribution in [0, 0.1) is 0 Å². The summed E-state index contributed by atoms with van der Waals surface area (Å²) >= 11 is 1.65. The fraction of sp³-hybridized carbons (Fsp3) is 0.308. The molecule has 0 fully saturated rings. The molecule has 0 saturated carbocycles. The van der Waals surface area contributed by atoms with Crippen LogP contribution >= 0.6 is 11.9 Å². The first kappa shape index (κ1) is 26.2. The molecule has 0 unspecified atom stereocenters. The summed E-state index contributed by atoms with van der Waals surface area (Å²) in [6.07, 6.45) is 0. The predicted octanol–water partition coefficient (Wildman–Crippen LogP) is 6.04. The predicted molar refractivity (Wildman–Crippen MR) is 136 cm³/mol. The molecule has 6 nitrogen and oxygen atoms in total. The van der Waals surface area contributed by atoms with Crippen molar-refractivity contribution in [3.05, 3.63) is 71.8 Å². The van der Waals surface area contributed by atoms with E-state index in [2.05, 4.69) is 4.31 Å². The second-order valence-corrected chi connectivity index (χ2v) is 7.98. The molecule has 2 N–H and O–H groups in total. The zero-order valence-electron chi connectivity index (χ0n) is 20.3. The fourth-order valence-corrected chi connectivity index (χ4v) is 4.11. The topological polar surface area (TPSA) is 66.2 Å². The molecule has 0 aliphatic heterocycles. The average Bonchev–Trinajstić information content (AvgIpc) is 2.87. The van der Waals surface area contributed by atoms with E-state index in [1.165, 1.54) is 0 Å². The van der Waals surface area contributed by atoms with E-state index in [-0.39, 0.29) is 0 Å². The average molecular weight is 471 g/mol. The third-order valence-corrected chi connectivity index (χ3v) is 5.80. The zero-order valence-corrected chi connectivity index (χ0v) is 21.1. The number of anilines is 1. The number of hydrogen-bond donors (Lipinski definition) is 1. The maximum atomic E-state index is 5.86. The first-order chi connectivity index (χ1) is 16.1. The summed E-state index contributed by atoms with van der Waals surface area (Å²) < 4.78 is 24.1. The van der Waals surface area contributed by atoms with Crippen LogP contribution in [-0.4, -0.2) is 32.7 Å². The maximum absolute atomic E-state index is 5.86. The zero-order chi connectivity index (χ0) is 24.2. The highest BCUT2D eigenvalue weighted by Gasteiger charge is 2.16. The van der Waals surface area contributed by atoms with Gasteiger partial charge < -0.3 is 24.7 Å². The molecular weight excluding hydrogens is 436 g/mol. The third kappa shape index (κ3) is 7.51. The second-order valence-electron chi connectivity index (χ2n) is 6.81. The van der Waals surface area contributed by atoms with E-state index in [9.17, 15) is 0 Å². The van der Waals surface area contributed by atoms with Crippen LogP contribution in [0.25, 0.3) is 0 Å². The Bertz CT molecular complexity index is 939. The van der Waals surface area contributed by atoms with Crippen molar-refractivity contribution in [3.8, 4) is 23.0 Å². The number of ether oxygens (including phenoxy) is 4. The van der Waals surface area contributed by atoms with Crippen LogP contribution in [0.1, 0.15) is 25.0 Å². The highest BCUT2D eigenvalue weighted by Crippen LogP contribution is 2.34. The van der Waals surface area contributed by atoms with Gasteiger partial charge in [-0.1, -0.05) is 26.0 Å². The van der Waals surface area contributed by atoms with E-state index in [1.54, 1.807) is 40.4 Å². The summed E-state index contributed by atoms with van der Waals surface area (Å²) in [6, 6.07) is 19.6. The highest BCUT2D eigenvalue weighted by atomic mass is 32.2. The Hall–Kier alpha value is -3.03. The number of benzene rings is 3. The van der Waals surface area contributed by atoms with Crippen LogP contribution in [0.3, 0.4) is 0 Å². The number of nitrogen functional groups attached to an aromatic ring is 1. The molecule has 0 saturated heterocycles. The number of nitrogens with two attached hydrogens (primary N) is 1. The molecule has 0 radical (unpaired) electrons. The Morgan fingerprint density at radius 1 is 0.667 bits per heavy atom. The van der Waals surface area contributed by atoms with E-state index >= 15 is 0 Å². The van der Waals surface area contributed by atoms with Crippen LogP contribution in [0.5, 0.6) is 23.0 Å². The summed E-state index contributed by atoms with van der Waals surface area (Å²) in [5.74, 6) is 3.08. The molecule has 178 valence electrons. The first-order valence-corrected chi connectivity index (χ1v) is 11.5. The van der Waals surface area contributed by atoms with Gasteiger partial charge >= 0.3 is 0 Å². The molecule has 0 aliphatic carbocycles. The number of rotatable bonds is 10. The smallest absolute Gasteiger partial charge is 0.127 e.